The number of nitrogens with two attached hydrogens (primary N) is 1. The second-order valence-corrected chi connectivity index (χ2v) is 4.28. The lowest BCUT2D eigenvalue weighted by Crippen LogP contribution is -2.21. The van der Waals surface area contributed by atoms with Crippen molar-refractivity contribution in [2.45, 2.75) is 37.6 Å². The molecule has 0 aromatic carbocycles. The molecule has 1 aliphatic carbocycles. The van der Waals surface area contributed by atoms with Crippen LogP contribution in [0.4, 0.5) is 0 Å². The van der Waals surface area contributed by atoms with Crippen LogP contribution >= 0.6 is 0 Å². The van der Waals surface area contributed by atoms with E-state index in [4.69, 9.17) is 15.6 Å². The third-order valence-electron chi connectivity index (χ3n) is 3.23. The van der Waals surface area contributed by atoms with Gasteiger partial charge in [0.25, 0.3) is 0 Å². The van der Waals surface area contributed by atoms with Crippen LogP contribution in [-0.2, 0) is 4.74 Å². The van der Waals surface area contributed by atoms with Gasteiger partial charge in [0.2, 0.25) is 0 Å². The van der Waals surface area contributed by atoms with Crippen molar-refractivity contribution >= 4 is 0 Å². The predicted octanol–water partition coefficient (Wildman–Crippen LogP) is -1.08. The van der Waals surface area contributed by atoms with E-state index in [1.165, 1.54) is 6.08 Å². The molecular formula is C10H17NO4. The molecule has 5 heteroatoms. The average Bonchev–Trinajstić information content (AvgIpc) is 2.57. The fourth-order valence-corrected chi connectivity index (χ4v) is 2.57. The minimum atomic E-state index is -0.997. The third kappa shape index (κ3) is 2.21. The largest absolute Gasteiger partial charge is 0.392 e. The zero-order valence-electron chi connectivity index (χ0n) is 8.36. The molecule has 2 aliphatic rings. The summed E-state index contributed by atoms with van der Waals surface area (Å²) in [4.78, 5) is 0. The Hall–Kier alpha value is -0.460. The number of fused-ring (bicyclic) bond motifs is 1. The zero-order chi connectivity index (χ0) is 11.0. The summed E-state index contributed by atoms with van der Waals surface area (Å²) in [6, 6.07) is 0. The quantitative estimate of drug-likeness (QED) is 0.347. The Kier molecular flexibility index (Phi) is 3.08. The summed E-state index contributed by atoms with van der Waals surface area (Å²) in [5.74, 6) is 0.0512. The first kappa shape index (κ1) is 11.0. The van der Waals surface area contributed by atoms with E-state index in [0.29, 0.717) is 12.8 Å². The Bertz CT molecular complexity index is 256. The van der Waals surface area contributed by atoms with Gasteiger partial charge in [-0.15, -0.1) is 0 Å². The highest BCUT2D eigenvalue weighted by molar-refractivity contribution is 5.05. The van der Waals surface area contributed by atoms with E-state index in [1.807, 2.05) is 0 Å². The van der Waals surface area contributed by atoms with Gasteiger partial charge in [-0.25, -0.2) is 0 Å². The van der Waals surface area contributed by atoms with Crippen molar-refractivity contribution in [1.29, 1.82) is 0 Å². The molecule has 1 unspecified atom stereocenters. The lowest BCUT2D eigenvalue weighted by Gasteiger charge is -2.16. The van der Waals surface area contributed by atoms with E-state index < -0.39 is 18.6 Å². The van der Waals surface area contributed by atoms with Crippen molar-refractivity contribution < 1.29 is 20.1 Å². The molecule has 1 saturated carbocycles. The molecule has 5 N–H and O–H groups in total. The van der Waals surface area contributed by atoms with Crippen LogP contribution in [0.5, 0.6) is 0 Å². The lowest BCUT2D eigenvalue weighted by molar-refractivity contribution is -0.0949. The molecule has 0 bridgehead atoms. The van der Waals surface area contributed by atoms with Crippen LogP contribution in [0.1, 0.15) is 12.8 Å². The van der Waals surface area contributed by atoms with Gasteiger partial charge in [-0.05, 0) is 12.0 Å². The van der Waals surface area contributed by atoms with Gasteiger partial charge in [0.15, 0.2) is 6.29 Å². The fourth-order valence-electron chi connectivity index (χ4n) is 2.57. The average molecular weight is 215 g/mol. The van der Waals surface area contributed by atoms with E-state index in [9.17, 15) is 10.2 Å². The Labute approximate surface area is 88.2 Å². The fraction of sp³-hybridized carbons (Fsp3) is 0.800. The second-order valence-electron chi connectivity index (χ2n) is 4.28. The number of hydrogen-bond donors (Lipinski definition) is 4. The third-order valence-corrected chi connectivity index (χ3v) is 3.23. The van der Waals surface area contributed by atoms with Crippen molar-refractivity contribution in [2.75, 3.05) is 0 Å². The minimum absolute atomic E-state index is 0.0698. The SMILES string of the molecule is N[C@H](O)/C=C/[C@@H]1[C@H]2CC(O)O[C@H]2C[C@H]1O. The standard InChI is InChI=1S/C10H17NO4/c11-9(13)2-1-5-6-3-10(14)15-8(6)4-7(5)12/h1-2,5-10,12-14H,3-4,11H2/b2-1+/t5-,6-,7-,8+,9-,10?/m1/s1. The maximum absolute atomic E-state index is 9.76. The van der Waals surface area contributed by atoms with Crippen LogP contribution in [-0.4, -0.2) is 40.0 Å². The van der Waals surface area contributed by atoms with Crippen LogP contribution in [0, 0.1) is 11.8 Å². The van der Waals surface area contributed by atoms with E-state index >= 15 is 0 Å². The van der Waals surface area contributed by atoms with E-state index in [-0.39, 0.29) is 17.9 Å². The molecular weight excluding hydrogens is 198 g/mol. The molecule has 6 atom stereocenters. The van der Waals surface area contributed by atoms with Crippen LogP contribution in [0.2, 0.25) is 0 Å². The molecule has 0 amide bonds. The summed E-state index contributed by atoms with van der Waals surface area (Å²) in [5, 5.41) is 28.0. The van der Waals surface area contributed by atoms with Gasteiger partial charge in [0.1, 0.15) is 6.23 Å². The molecule has 15 heavy (non-hydrogen) atoms. The highest BCUT2D eigenvalue weighted by Gasteiger charge is 2.47. The van der Waals surface area contributed by atoms with Crippen LogP contribution in [0.25, 0.3) is 0 Å². The highest BCUT2D eigenvalue weighted by atomic mass is 16.6. The van der Waals surface area contributed by atoms with Crippen LogP contribution < -0.4 is 5.73 Å². The number of ether oxygens (including phenoxy) is 1. The van der Waals surface area contributed by atoms with Crippen molar-refractivity contribution in [1.82, 2.24) is 0 Å². The first-order valence-electron chi connectivity index (χ1n) is 5.21. The number of hydrogen-bond acceptors (Lipinski definition) is 5. The van der Waals surface area contributed by atoms with Crippen LogP contribution in [0.15, 0.2) is 12.2 Å². The maximum atomic E-state index is 9.76. The van der Waals surface area contributed by atoms with Crippen molar-refractivity contribution in [3.63, 3.8) is 0 Å². The van der Waals surface area contributed by atoms with Crippen molar-refractivity contribution in [2.24, 2.45) is 17.6 Å². The Morgan fingerprint density at radius 3 is 2.73 bits per heavy atom. The molecule has 1 aliphatic heterocycles. The summed E-state index contributed by atoms with van der Waals surface area (Å²) in [7, 11) is 0. The van der Waals surface area contributed by atoms with Crippen molar-refractivity contribution in [3.8, 4) is 0 Å². The summed E-state index contributed by atoms with van der Waals surface area (Å²) in [6.45, 7) is 0. The van der Waals surface area contributed by atoms with Gasteiger partial charge in [0.05, 0.1) is 12.2 Å². The summed E-state index contributed by atoms with van der Waals surface area (Å²) in [6.07, 6.45) is 2.01. The van der Waals surface area contributed by atoms with Gasteiger partial charge in [-0.1, -0.05) is 6.08 Å². The topological polar surface area (TPSA) is 95.9 Å². The first-order chi connectivity index (χ1) is 7.08. The number of aliphatic hydroxyl groups excluding tert-OH is 3. The van der Waals surface area contributed by atoms with Crippen molar-refractivity contribution in [3.05, 3.63) is 12.2 Å². The Morgan fingerprint density at radius 2 is 2.07 bits per heavy atom. The first-order valence-corrected chi connectivity index (χ1v) is 5.21. The summed E-state index contributed by atoms with van der Waals surface area (Å²) >= 11 is 0. The Balaban J connectivity index is 2.04. The van der Waals surface area contributed by atoms with E-state index in [0.717, 1.165) is 0 Å². The Morgan fingerprint density at radius 1 is 1.33 bits per heavy atom. The van der Waals surface area contributed by atoms with E-state index in [1.54, 1.807) is 6.08 Å². The van der Waals surface area contributed by atoms with Gasteiger partial charge in [-0.3, -0.25) is 0 Å². The van der Waals surface area contributed by atoms with Gasteiger partial charge >= 0.3 is 0 Å². The molecule has 0 aromatic heterocycles. The maximum Gasteiger partial charge on any atom is 0.155 e. The zero-order valence-corrected chi connectivity index (χ0v) is 8.36. The van der Waals surface area contributed by atoms with Gasteiger partial charge < -0.3 is 25.8 Å². The predicted molar refractivity (Wildman–Crippen MR) is 52.4 cm³/mol. The number of aliphatic hydroxyl groups is 3. The minimum Gasteiger partial charge on any atom is -0.392 e. The molecule has 1 heterocycles. The van der Waals surface area contributed by atoms with Gasteiger partial charge in [0, 0.05) is 18.8 Å². The highest BCUT2D eigenvalue weighted by Crippen LogP contribution is 2.43. The smallest absolute Gasteiger partial charge is 0.155 e. The molecule has 0 radical (unpaired) electrons. The molecule has 5 nitrogen and oxygen atoms in total. The van der Waals surface area contributed by atoms with Gasteiger partial charge in [-0.2, -0.15) is 0 Å². The molecule has 2 rings (SSSR count). The molecule has 86 valence electrons. The molecule has 2 fully saturated rings. The normalized spacial score (nSPS) is 47.3. The summed E-state index contributed by atoms with van der Waals surface area (Å²) < 4.78 is 5.26. The monoisotopic (exact) mass is 215 g/mol. The molecule has 0 spiro atoms. The number of rotatable bonds is 2. The van der Waals surface area contributed by atoms with Crippen LogP contribution in [0.3, 0.4) is 0 Å². The molecule has 1 saturated heterocycles. The summed E-state index contributed by atoms with van der Waals surface area (Å²) in [5.41, 5.74) is 5.19. The van der Waals surface area contributed by atoms with E-state index in [2.05, 4.69) is 0 Å². The second kappa shape index (κ2) is 4.19. The lowest BCUT2D eigenvalue weighted by atomic mass is 9.91. The molecule has 0 aromatic rings.